The largest absolute Gasteiger partial charge is 0.303 e. The lowest BCUT2D eigenvalue weighted by Crippen LogP contribution is -2.34. The fraction of sp³-hybridized carbons (Fsp3) is 0.429. The molecule has 6 heteroatoms. The van der Waals surface area contributed by atoms with E-state index in [1.54, 1.807) is 18.2 Å². The lowest BCUT2D eigenvalue weighted by Gasteiger charge is -2.25. The Kier molecular flexibility index (Phi) is 5.40. The number of amides is 1. The van der Waals surface area contributed by atoms with E-state index in [1.165, 1.54) is 0 Å². The molecular formula is C14H17Cl2N3O. The van der Waals surface area contributed by atoms with E-state index in [-0.39, 0.29) is 5.91 Å². The van der Waals surface area contributed by atoms with Gasteiger partial charge < -0.3 is 4.90 Å². The Hall–Kier alpha value is -1.10. The molecular weight excluding hydrogens is 297 g/mol. The molecule has 0 bridgehead atoms. The van der Waals surface area contributed by atoms with Crippen LogP contribution < -0.4 is 5.43 Å². The summed E-state index contributed by atoms with van der Waals surface area (Å²) in [7, 11) is 0. The van der Waals surface area contributed by atoms with Crippen molar-refractivity contribution in [2.45, 2.75) is 19.8 Å². The molecule has 108 valence electrons. The number of nitrogens with zero attached hydrogens (tertiary/aromatic N) is 2. The molecule has 1 saturated heterocycles. The molecule has 1 aliphatic rings. The van der Waals surface area contributed by atoms with Crippen LogP contribution in [0.2, 0.25) is 10.0 Å². The van der Waals surface area contributed by atoms with Crippen molar-refractivity contribution in [3.8, 4) is 0 Å². The van der Waals surface area contributed by atoms with Crippen LogP contribution in [0, 0.1) is 0 Å². The van der Waals surface area contributed by atoms with E-state index in [9.17, 15) is 4.79 Å². The highest BCUT2D eigenvalue weighted by Crippen LogP contribution is 2.20. The first-order valence-corrected chi connectivity index (χ1v) is 7.39. The van der Waals surface area contributed by atoms with Crippen molar-refractivity contribution in [2.24, 2.45) is 5.10 Å². The highest BCUT2D eigenvalue weighted by atomic mass is 35.5. The molecule has 1 amide bonds. The number of hydrogen-bond donors (Lipinski definition) is 1. The molecule has 0 radical (unpaired) electrons. The van der Waals surface area contributed by atoms with Gasteiger partial charge >= 0.3 is 0 Å². The number of piperidine rings is 1. The maximum atomic E-state index is 12.0. The van der Waals surface area contributed by atoms with Gasteiger partial charge in [-0.1, -0.05) is 30.1 Å². The first kappa shape index (κ1) is 15.3. The van der Waals surface area contributed by atoms with Crippen LogP contribution >= 0.6 is 23.2 Å². The van der Waals surface area contributed by atoms with Crippen molar-refractivity contribution >= 4 is 34.8 Å². The molecule has 1 aliphatic heterocycles. The zero-order valence-electron chi connectivity index (χ0n) is 11.3. The molecule has 0 aliphatic carbocycles. The predicted octanol–water partition coefficient (Wildman–Crippen LogP) is 3.19. The zero-order chi connectivity index (χ0) is 14.5. The van der Waals surface area contributed by atoms with Gasteiger partial charge in [-0.3, -0.25) is 4.79 Å². The van der Waals surface area contributed by atoms with Crippen LogP contribution in [-0.4, -0.2) is 36.2 Å². The summed E-state index contributed by atoms with van der Waals surface area (Å²) in [5.74, 6) is -0.308. The summed E-state index contributed by atoms with van der Waals surface area (Å²) in [6.45, 7) is 5.19. The number of hydrazone groups is 1. The second-order valence-corrected chi connectivity index (χ2v) is 5.52. The molecule has 1 aromatic rings. The summed E-state index contributed by atoms with van der Waals surface area (Å²) in [5, 5.41) is 5.02. The second-order valence-electron chi connectivity index (χ2n) is 4.68. The van der Waals surface area contributed by atoms with Gasteiger partial charge in [-0.05, 0) is 24.7 Å². The van der Waals surface area contributed by atoms with Crippen LogP contribution in [0.1, 0.15) is 30.1 Å². The Morgan fingerprint density at radius 1 is 1.35 bits per heavy atom. The zero-order valence-corrected chi connectivity index (χ0v) is 12.8. The van der Waals surface area contributed by atoms with Gasteiger partial charge in [0.15, 0.2) is 0 Å². The SMILES string of the molecule is CCN1CCC(=NNC(=O)c2ccc(Cl)cc2Cl)CC1. The molecule has 0 unspecified atom stereocenters. The van der Waals surface area contributed by atoms with Crippen molar-refractivity contribution in [1.29, 1.82) is 0 Å². The fourth-order valence-electron chi connectivity index (χ4n) is 2.10. The van der Waals surface area contributed by atoms with Gasteiger partial charge in [-0.25, -0.2) is 5.43 Å². The van der Waals surface area contributed by atoms with Gasteiger partial charge in [-0.15, -0.1) is 0 Å². The van der Waals surface area contributed by atoms with Crippen molar-refractivity contribution in [3.63, 3.8) is 0 Å². The van der Waals surface area contributed by atoms with Crippen LogP contribution in [0.15, 0.2) is 23.3 Å². The van der Waals surface area contributed by atoms with E-state index in [2.05, 4.69) is 22.4 Å². The number of likely N-dealkylation sites (tertiary alicyclic amines) is 1. The lowest BCUT2D eigenvalue weighted by molar-refractivity contribution is 0.0954. The summed E-state index contributed by atoms with van der Waals surface area (Å²) < 4.78 is 0. The Bertz CT molecular complexity index is 521. The van der Waals surface area contributed by atoms with Crippen molar-refractivity contribution in [1.82, 2.24) is 10.3 Å². The molecule has 1 heterocycles. The number of carbonyl (C=O) groups excluding carboxylic acids is 1. The smallest absolute Gasteiger partial charge is 0.272 e. The third-order valence-electron chi connectivity index (χ3n) is 3.37. The maximum Gasteiger partial charge on any atom is 0.272 e. The average molecular weight is 314 g/mol. The topological polar surface area (TPSA) is 44.7 Å². The van der Waals surface area contributed by atoms with Gasteiger partial charge in [0.1, 0.15) is 0 Å². The quantitative estimate of drug-likeness (QED) is 0.871. The van der Waals surface area contributed by atoms with E-state index in [0.717, 1.165) is 38.2 Å². The van der Waals surface area contributed by atoms with Gasteiger partial charge in [0.05, 0.1) is 10.6 Å². The van der Waals surface area contributed by atoms with E-state index < -0.39 is 0 Å². The molecule has 20 heavy (non-hydrogen) atoms. The van der Waals surface area contributed by atoms with Gasteiger partial charge in [0.25, 0.3) is 5.91 Å². The fourth-order valence-corrected chi connectivity index (χ4v) is 2.60. The predicted molar refractivity (Wildman–Crippen MR) is 82.7 cm³/mol. The summed E-state index contributed by atoms with van der Waals surface area (Å²) in [4.78, 5) is 14.3. The third kappa shape index (κ3) is 3.95. The van der Waals surface area contributed by atoms with E-state index in [1.807, 2.05) is 0 Å². The first-order chi connectivity index (χ1) is 9.60. The van der Waals surface area contributed by atoms with Crippen LogP contribution in [0.25, 0.3) is 0 Å². The molecule has 1 N–H and O–H groups in total. The normalized spacial score (nSPS) is 16.1. The second kappa shape index (κ2) is 7.07. The Labute approximate surface area is 128 Å². The Morgan fingerprint density at radius 2 is 2.05 bits per heavy atom. The number of nitrogens with one attached hydrogen (secondary N) is 1. The van der Waals surface area contributed by atoms with Gasteiger partial charge in [0, 0.05) is 36.7 Å². The Morgan fingerprint density at radius 3 is 2.65 bits per heavy atom. The average Bonchev–Trinajstić information content (AvgIpc) is 2.45. The minimum Gasteiger partial charge on any atom is -0.303 e. The molecule has 0 saturated carbocycles. The highest BCUT2D eigenvalue weighted by molar-refractivity contribution is 6.36. The van der Waals surface area contributed by atoms with Crippen molar-refractivity contribution < 1.29 is 4.79 Å². The number of hydrogen-bond acceptors (Lipinski definition) is 3. The van der Waals surface area contributed by atoms with Crippen molar-refractivity contribution in [3.05, 3.63) is 33.8 Å². The highest BCUT2D eigenvalue weighted by Gasteiger charge is 2.14. The summed E-state index contributed by atoms with van der Waals surface area (Å²) >= 11 is 11.8. The standard InChI is InChI=1S/C14H17Cl2N3O/c1-2-19-7-5-11(6-8-19)17-18-14(20)12-4-3-10(15)9-13(12)16/h3-4,9H,2,5-8H2,1H3,(H,18,20). The monoisotopic (exact) mass is 313 g/mol. The van der Waals surface area contributed by atoms with Crippen LogP contribution in [-0.2, 0) is 0 Å². The molecule has 0 spiro atoms. The number of halogens is 2. The third-order valence-corrected chi connectivity index (χ3v) is 3.92. The van der Waals surface area contributed by atoms with Crippen LogP contribution in [0.5, 0.6) is 0 Å². The molecule has 0 atom stereocenters. The number of benzene rings is 1. The molecule has 1 aromatic carbocycles. The number of carbonyl (C=O) groups is 1. The Balaban J connectivity index is 1.95. The maximum absolute atomic E-state index is 12.0. The van der Waals surface area contributed by atoms with Gasteiger partial charge in [-0.2, -0.15) is 5.10 Å². The summed E-state index contributed by atoms with van der Waals surface area (Å²) in [5.41, 5.74) is 3.97. The molecule has 1 fully saturated rings. The van der Waals surface area contributed by atoms with E-state index >= 15 is 0 Å². The summed E-state index contributed by atoms with van der Waals surface area (Å²) in [6, 6.07) is 4.78. The first-order valence-electron chi connectivity index (χ1n) is 6.63. The van der Waals surface area contributed by atoms with E-state index in [4.69, 9.17) is 23.2 Å². The molecule has 4 nitrogen and oxygen atoms in total. The van der Waals surface area contributed by atoms with Crippen LogP contribution in [0.3, 0.4) is 0 Å². The summed E-state index contributed by atoms with van der Waals surface area (Å²) in [6.07, 6.45) is 1.78. The number of rotatable bonds is 3. The minimum atomic E-state index is -0.308. The lowest BCUT2D eigenvalue weighted by atomic mass is 10.1. The van der Waals surface area contributed by atoms with Gasteiger partial charge in [0.2, 0.25) is 0 Å². The molecule has 2 rings (SSSR count). The van der Waals surface area contributed by atoms with E-state index in [0.29, 0.717) is 15.6 Å². The van der Waals surface area contributed by atoms with Crippen LogP contribution in [0.4, 0.5) is 0 Å². The molecule has 0 aromatic heterocycles. The minimum absolute atomic E-state index is 0.308. The van der Waals surface area contributed by atoms with Crippen molar-refractivity contribution in [2.75, 3.05) is 19.6 Å².